The number of ether oxygens (including phenoxy) is 1. The lowest BCUT2D eigenvalue weighted by atomic mass is 9.92. The topological polar surface area (TPSA) is 89.4 Å². The van der Waals surface area contributed by atoms with Gasteiger partial charge in [-0.1, -0.05) is 49.7 Å². The van der Waals surface area contributed by atoms with Crippen LogP contribution >= 0.6 is 0 Å². The first-order valence-electron chi connectivity index (χ1n) is 11.7. The van der Waals surface area contributed by atoms with Crippen LogP contribution in [0.3, 0.4) is 0 Å². The summed E-state index contributed by atoms with van der Waals surface area (Å²) in [5.41, 5.74) is 3.07. The molecule has 2 atom stereocenters. The Morgan fingerprint density at radius 1 is 1.12 bits per heavy atom. The average Bonchev–Trinajstić information content (AvgIpc) is 3.49. The molecule has 2 aromatic carbocycles. The van der Waals surface area contributed by atoms with Crippen molar-refractivity contribution < 1.29 is 14.3 Å². The fraction of sp³-hybridized carbons (Fsp3) is 0.385. The Morgan fingerprint density at radius 2 is 1.85 bits per heavy atom. The van der Waals surface area contributed by atoms with Crippen molar-refractivity contribution in [2.75, 3.05) is 13.7 Å². The third kappa shape index (κ3) is 5.44. The maximum atomic E-state index is 13.2. The molecule has 2 heterocycles. The number of nitrogens with one attached hydrogen (secondary N) is 1. The van der Waals surface area contributed by atoms with E-state index in [1.54, 1.807) is 18.1 Å². The lowest BCUT2D eigenvalue weighted by Gasteiger charge is -2.28. The van der Waals surface area contributed by atoms with Crippen molar-refractivity contribution in [3.63, 3.8) is 0 Å². The zero-order valence-corrected chi connectivity index (χ0v) is 19.7. The second-order valence-electron chi connectivity index (χ2n) is 8.60. The van der Waals surface area contributed by atoms with Gasteiger partial charge in [-0.2, -0.15) is 5.10 Å². The molecule has 178 valence electrons. The molecule has 2 amide bonds. The summed E-state index contributed by atoms with van der Waals surface area (Å²) in [5, 5.41) is 7.18. The highest BCUT2D eigenvalue weighted by Crippen LogP contribution is 2.39. The van der Waals surface area contributed by atoms with Crippen LogP contribution < -0.4 is 10.1 Å². The smallest absolute Gasteiger partial charge is 0.226 e. The first kappa shape index (κ1) is 23.5. The van der Waals surface area contributed by atoms with E-state index in [2.05, 4.69) is 22.3 Å². The first-order chi connectivity index (χ1) is 16.6. The second kappa shape index (κ2) is 11.0. The molecule has 4 rings (SSSR count). The SMILES string of the molecule is CCCCN1C(=O)CC(C(=O)NCc2ccc(Cn3cncn3)cc2)C1c1ccc(OC)cc1. The number of nitrogens with zero attached hydrogens (tertiary/aromatic N) is 4. The highest BCUT2D eigenvalue weighted by atomic mass is 16.5. The van der Waals surface area contributed by atoms with Crippen LogP contribution in [0.15, 0.2) is 61.2 Å². The number of amides is 2. The maximum absolute atomic E-state index is 13.2. The molecule has 0 bridgehead atoms. The predicted octanol–water partition coefficient (Wildman–Crippen LogP) is 3.34. The van der Waals surface area contributed by atoms with E-state index in [1.807, 2.05) is 53.4 Å². The van der Waals surface area contributed by atoms with Crippen molar-refractivity contribution in [2.45, 2.75) is 45.3 Å². The van der Waals surface area contributed by atoms with E-state index in [1.165, 1.54) is 6.33 Å². The molecule has 2 unspecified atom stereocenters. The minimum absolute atomic E-state index is 0.0342. The zero-order valence-electron chi connectivity index (χ0n) is 19.7. The van der Waals surface area contributed by atoms with Gasteiger partial charge >= 0.3 is 0 Å². The Labute approximate surface area is 199 Å². The monoisotopic (exact) mass is 461 g/mol. The molecule has 1 N–H and O–H groups in total. The van der Waals surface area contributed by atoms with Gasteiger partial charge in [0.15, 0.2) is 0 Å². The van der Waals surface area contributed by atoms with Gasteiger partial charge in [-0.05, 0) is 35.2 Å². The second-order valence-corrected chi connectivity index (χ2v) is 8.60. The summed E-state index contributed by atoms with van der Waals surface area (Å²) >= 11 is 0. The minimum Gasteiger partial charge on any atom is -0.497 e. The van der Waals surface area contributed by atoms with Gasteiger partial charge in [0.05, 0.1) is 25.6 Å². The summed E-state index contributed by atoms with van der Waals surface area (Å²) in [6.07, 6.45) is 5.32. The van der Waals surface area contributed by atoms with Crippen LogP contribution in [0.5, 0.6) is 5.75 Å². The van der Waals surface area contributed by atoms with E-state index in [4.69, 9.17) is 4.74 Å². The number of unbranched alkanes of at least 4 members (excludes halogenated alkanes) is 1. The van der Waals surface area contributed by atoms with Crippen molar-refractivity contribution in [3.05, 3.63) is 77.9 Å². The molecule has 1 saturated heterocycles. The molecular weight excluding hydrogens is 430 g/mol. The van der Waals surface area contributed by atoms with E-state index < -0.39 is 5.92 Å². The van der Waals surface area contributed by atoms with Crippen LogP contribution in [0, 0.1) is 5.92 Å². The van der Waals surface area contributed by atoms with Crippen molar-refractivity contribution >= 4 is 11.8 Å². The predicted molar refractivity (Wildman–Crippen MR) is 128 cm³/mol. The molecule has 8 nitrogen and oxygen atoms in total. The molecule has 34 heavy (non-hydrogen) atoms. The average molecular weight is 462 g/mol. The van der Waals surface area contributed by atoms with E-state index in [-0.39, 0.29) is 24.3 Å². The quantitative estimate of drug-likeness (QED) is 0.500. The van der Waals surface area contributed by atoms with Crippen molar-refractivity contribution in [1.82, 2.24) is 25.0 Å². The van der Waals surface area contributed by atoms with Gasteiger partial charge in [0.2, 0.25) is 11.8 Å². The molecule has 3 aromatic rings. The lowest BCUT2D eigenvalue weighted by Crippen LogP contribution is -2.35. The number of hydrogen-bond acceptors (Lipinski definition) is 5. The summed E-state index contributed by atoms with van der Waals surface area (Å²) in [6, 6.07) is 15.4. The third-order valence-electron chi connectivity index (χ3n) is 6.28. The normalized spacial score (nSPS) is 17.7. The Kier molecular flexibility index (Phi) is 7.57. The summed E-state index contributed by atoms with van der Waals surface area (Å²) in [5.74, 6) is 0.262. The summed E-state index contributed by atoms with van der Waals surface area (Å²) in [7, 11) is 1.62. The number of methoxy groups -OCH3 is 1. The Bertz CT molecular complexity index is 1080. The third-order valence-corrected chi connectivity index (χ3v) is 6.28. The van der Waals surface area contributed by atoms with Gasteiger partial charge < -0.3 is 15.0 Å². The lowest BCUT2D eigenvalue weighted by molar-refractivity contribution is -0.129. The zero-order chi connectivity index (χ0) is 23.9. The number of rotatable bonds is 10. The van der Waals surface area contributed by atoms with Crippen LogP contribution in [0.4, 0.5) is 0 Å². The molecule has 0 radical (unpaired) electrons. The standard InChI is InChI=1S/C26H31N5O3/c1-3-4-13-31-24(32)14-23(25(31)21-9-11-22(34-2)12-10-21)26(33)28-15-19-5-7-20(8-6-19)16-30-18-27-17-29-30/h5-12,17-18,23,25H,3-4,13-16H2,1-2H3,(H,28,33). The maximum Gasteiger partial charge on any atom is 0.226 e. The molecule has 0 aliphatic carbocycles. The van der Waals surface area contributed by atoms with Gasteiger partial charge in [-0.3, -0.25) is 9.59 Å². The highest BCUT2D eigenvalue weighted by Gasteiger charge is 2.44. The number of hydrogen-bond donors (Lipinski definition) is 1. The number of carbonyl (C=O) groups excluding carboxylic acids is 2. The fourth-order valence-corrected chi connectivity index (χ4v) is 4.42. The van der Waals surface area contributed by atoms with Crippen LogP contribution in [0.25, 0.3) is 0 Å². The largest absolute Gasteiger partial charge is 0.497 e. The first-order valence-corrected chi connectivity index (χ1v) is 11.7. The van der Waals surface area contributed by atoms with Crippen LogP contribution in [-0.2, 0) is 22.7 Å². The Balaban J connectivity index is 1.43. The number of aromatic nitrogens is 3. The summed E-state index contributed by atoms with van der Waals surface area (Å²) in [6.45, 7) is 3.82. The molecule has 1 aliphatic heterocycles. The van der Waals surface area contributed by atoms with E-state index in [9.17, 15) is 9.59 Å². The highest BCUT2D eigenvalue weighted by molar-refractivity contribution is 5.90. The molecule has 1 fully saturated rings. The molecule has 1 aromatic heterocycles. The number of benzene rings is 2. The van der Waals surface area contributed by atoms with Gasteiger partial charge in [0, 0.05) is 19.5 Å². The Hall–Kier alpha value is -3.68. The molecular formula is C26H31N5O3. The van der Waals surface area contributed by atoms with Crippen molar-refractivity contribution in [1.29, 1.82) is 0 Å². The Morgan fingerprint density at radius 3 is 2.50 bits per heavy atom. The fourth-order valence-electron chi connectivity index (χ4n) is 4.42. The van der Waals surface area contributed by atoms with Gasteiger partial charge in [-0.25, -0.2) is 9.67 Å². The van der Waals surface area contributed by atoms with Crippen LogP contribution in [0.2, 0.25) is 0 Å². The van der Waals surface area contributed by atoms with Crippen molar-refractivity contribution in [2.24, 2.45) is 5.92 Å². The molecule has 8 heteroatoms. The molecule has 1 aliphatic rings. The van der Waals surface area contributed by atoms with Crippen LogP contribution in [0.1, 0.15) is 48.9 Å². The van der Waals surface area contributed by atoms with Gasteiger partial charge in [-0.15, -0.1) is 0 Å². The number of carbonyl (C=O) groups is 2. The van der Waals surface area contributed by atoms with Crippen LogP contribution in [-0.4, -0.2) is 45.1 Å². The minimum atomic E-state index is -0.427. The molecule has 0 saturated carbocycles. The molecule has 0 spiro atoms. The number of likely N-dealkylation sites (tertiary alicyclic amines) is 1. The van der Waals surface area contributed by atoms with Crippen molar-refractivity contribution in [3.8, 4) is 5.75 Å². The van der Waals surface area contributed by atoms with E-state index >= 15 is 0 Å². The van der Waals surface area contributed by atoms with Gasteiger partial charge in [0.25, 0.3) is 0 Å². The van der Waals surface area contributed by atoms with E-state index in [0.717, 1.165) is 35.3 Å². The summed E-state index contributed by atoms with van der Waals surface area (Å²) < 4.78 is 7.04. The van der Waals surface area contributed by atoms with E-state index in [0.29, 0.717) is 19.6 Å². The summed E-state index contributed by atoms with van der Waals surface area (Å²) in [4.78, 5) is 31.9. The van der Waals surface area contributed by atoms with Gasteiger partial charge in [0.1, 0.15) is 18.4 Å².